The van der Waals surface area contributed by atoms with Gasteiger partial charge in [-0.15, -0.1) is 0 Å². The first-order valence-corrected chi connectivity index (χ1v) is 8.91. The van der Waals surface area contributed by atoms with Crippen LogP contribution in [0.2, 0.25) is 5.02 Å². The molecule has 2 N–H and O–H groups in total. The van der Waals surface area contributed by atoms with Gasteiger partial charge in [0.05, 0.1) is 11.4 Å². The standard InChI is InChI=1S/C20H22ClN5/c1-12(2)23-20-24-17(16-7-5-6-10-22-16)11-18(26-20)25-19-13(3)8-9-15(21)14(19)4/h5-12H,1-4H3,(H2,23,24,25,26). The number of pyridine rings is 1. The Bertz CT molecular complexity index is 910. The molecule has 0 spiro atoms. The molecule has 0 amide bonds. The minimum Gasteiger partial charge on any atom is -0.352 e. The van der Waals surface area contributed by atoms with E-state index in [1.54, 1.807) is 6.20 Å². The van der Waals surface area contributed by atoms with Crippen LogP contribution in [-0.4, -0.2) is 21.0 Å². The lowest BCUT2D eigenvalue weighted by molar-refractivity contribution is 0.875. The predicted molar refractivity (Wildman–Crippen MR) is 108 cm³/mol. The minimum absolute atomic E-state index is 0.219. The van der Waals surface area contributed by atoms with E-state index in [1.807, 2.05) is 50.2 Å². The molecule has 0 bridgehead atoms. The molecule has 1 aromatic carbocycles. The second kappa shape index (κ2) is 7.70. The molecule has 6 heteroatoms. The minimum atomic E-state index is 0.219. The van der Waals surface area contributed by atoms with Gasteiger partial charge in [0.15, 0.2) is 0 Å². The van der Waals surface area contributed by atoms with Crippen LogP contribution in [0.15, 0.2) is 42.6 Å². The maximum atomic E-state index is 6.28. The average Bonchev–Trinajstić information content (AvgIpc) is 2.62. The molecule has 5 nitrogen and oxygen atoms in total. The predicted octanol–water partition coefficient (Wildman–Crippen LogP) is 5.37. The molecule has 0 aliphatic carbocycles. The molecule has 0 aliphatic heterocycles. The number of nitrogens with one attached hydrogen (secondary N) is 2. The van der Waals surface area contributed by atoms with E-state index in [0.29, 0.717) is 11.8 Å². The SMILES string of the molecule is Cc1ccc(Cl)c(C)c1Nc1cc(-c2ccccn2)nc(NC(C)C)n1. The second-order valence-corrected chi connectivity index (χ2v) is 6.87. The summed E-state index contributed by atoms with van der Waals surface area (Å²) in [6.07, 6.45) is 1.76. The van der Waals surface area contributed by atoms with Crippen LogP contribution >= 0.6 is 11.6 Å². The number of nitrogens with zero attached hydrogens (tertiary/aromatic N) is 3. The smallest absolute Gasteiger partial charge is 0.225 e. The Morgan fingerprint density at radius 3 is 2.50 bits per heavy atom. The molecule has 134 valence electrons. The van der Waals surface area contributed by atoms with Crippen molar-refractivity contribution >= 4 is 29.1 Å². The maximum absolute atomic E-state index is 6.28. The summed E-state index contributed by atoms with van der Waals surface area (Å²) >= 11 is 6.28. The van der Waals surface area contributed by atoms with E-state index in [0.717, 1.165) is 33.2 Å². The second-order valence-electron chi connectivity index (χ2n) is 6.47. The number of anilines is 3. The quantitative estimate of drug-likeness (QED) is 0.634. The highest BCUT2D eigenvalue weighted by Gasteiger charge is 2.12. The summed E-state index contributed by atoms with van der Waals surface area (Å²) in [7, 11) is 0. The molecule has 0 fully saturated rings. The normalized spacial score (nSPS) is 10.8. The Kier molecular flexibility index (Phi) is 5.38. The Morgan fingerprint density at radius 2 is 1.81 bits per heavy atom. The Hall–Kier alpha value is -2.66. The van der Waals surface area contributed by atoms with Gasteiger partial charge in [0.25, 0.3) is 0 Å². The number of halogens is 1. The van der Waals surface area contributed by atoms with Gasteiger partial charge in [0, 0.05) is 29.0 Å². The molecule has 2 heterocycles. The fourth-order valence-corrected chi connectivity index (χ4v) is 2.78. The van der Waals surface area contributed by atoms with Gasteiger partial charge in [-0.1, -0.05) is 23.7 Å². The Labute approximate surface area is 158 Å². The van der Waals surface area contributed by atoms with Crippen molar-refractivity contribution in [3.63, 3.8) is 0 Å². The van der Waals surface area contributed by atoms with Gasteiger partial charge in [-0.05, 0) is 57.0 Å². The van der Waals surface area contributed by atoms with Gasteiger partial charge in [-0.2, -0.15) is 4.98 Å². The van der Waals surface area contributed by atoms with Crippen LogP contribution in [0, 0.1) is 13.8 Å². The Balaban J connectivity index is 2.05. The molecule has 0 atom stereocenters. The van der Waals surface area contributed by atoms with Crippen molar-refractivity contribution in [2.75, 3.05) is 10.6 Å². The van der Waals surface area contributed by atoms with E-state index in [9.17, 15) is 0 Å². The van der Waals surface area contributed by atoms with Gasteiger partial charge < -0.3 is 10.6 Å². The zero-order chi connectivity index (χ0) is 18.7. The molecular formula is C20H22ClN5. The number of hydrogen-bond acceptors (Lipinski definition) is 5. The maximum Gasteiger partial charge on any atom is 0.225 e. The molecule has 0 saturated heterocycles. The highest BCUT2D eigenvalue weighted by atomic mass is 35.5. The first-order valence-electron chi connectivity index (χ1n) is 8.54. The van der Waals surface area contributed by atoms with Crippen molar-refractivity contribution in [1.29, 1.82) is 0 Å². The first-order chi connectivity index (χ1) is 12.4. The third-order valence-corrected chi connectivity index (χ3v) is 4.34. The van der Waals surface area contributed by atoms with E-state index < -0.39 is 0 Å². The molecule has 3 rings (SSSR count). The van der Waals surface area contributed by atoms with Crippen LogP contribution in [0.4, 0.5) is 17.5 Å². The monoisotopic (exact) mass is 367 g/mol. The number of aromatic nitrogens is 3. The number of aryl methyl sites for hydroxylation is 1. The average molecular weight is 368 g/mol. The number of hydrogen-bond donors (Lipinski definition) is 2. The summed E-state index contributed by atoms with van der Waals surface area (Å²) in [6.45, 7) is 8.13. The highest BCUT2D eigenvalue weighted by molar-refractivity contribution is 6.31. The van der Waals surface area contributed by atoms with Crippen LogP contribution in [0.25, 0.3) is 11.4 Å². The molecule has 3 aromatic rings. The van der Waals surface area contributed by atoms with Gasteiger partial charge in [-0.3, -0.25) is 4.98 Å². The van der Waals surface area contributed by atoms with Gasteiger partial charge in [0.1, 0.15) is 5.82 Å². The first kappa shape index (κ1) is 18.1. The van der Waals surface area contributed by atoms with Crippen molar-refractivity contribution < 1.29 is 0 Å². The van der Waals surface area contributed by atoms with Crippen LogP contribution in [0.5, 0.6) is 0 Å². The van der Waals surface area contributed by atoms with Crippen LogP contribution in [-0.2, 0) is 0 Å². The van der Waals surface area contributed by atoms with Gasteiger partial charge in [-0.25, -0.2) is 4.98 Å². The van der Waals surface area contributed by atoms with Gasteiger partial charge >= 0.3 is 0 Å². The fourth-order valence-electron chi connectivity index (χ4n) is 2.62. The lowest BCUT2D eigenvalue weighted by atomic mass is 10.1. The van der Waals surface area contributed by atoms with Crippen LogP contribution in [0.3, 0.4) is 0 Å². The van der Waals surface area contributed by atoms with E-state index in [1.165, 1.54) is 0 Å². The number of rotatable bonds is 5. The van der Waals surface area contributed by atoms with E-state index in [-0.39, 0.29) is 6.04 Å². The van der Waals surface area contributed by atoms with E-state index >= 15 is 0 Å². The molecule has 2 aromatic heterocycles. The Morgan fingerprint density at radius 1 is 1.00 bits per heavy atom. The van der Waals surface area contributed by atoms with Crippen molar-refractivity contribution in [2.24, 2.45) is 0 Å². The zero-order valence-corrected chi connectivity index (χ0v) is 16.1. The summed E-state index contributed by atoms with van der Waals surface area (Å²) < 4.78 is 0. The molecule has 0 aliphatic rings. The number of benzene rings is 1. The van der Waals surface area contributed by atoms with Crippen LogP contribution < -0.4 is 10.6 Å². The molecule has 0 radical (unpaired) electrons. The largest absolute Gasteiger partial charge is 0.352 e. The topological polar surface area (TPSA) is 62.7 Å². The van der Waals surface area contributed by atoms with E-state index in [4.69, 9.17) is 11.6 Å². The lowest BCUT2D eigenvalue weighted by Crippen LogP contribution is -2.13. The fraction of sp³-hybridized carbons (Fsp3) is 0.250. The third-order valence-electron chi connectivity index (χ3n) is 3.93. The highest BCUT2D eigenvalue weighted by Crippen LogP contribution is 2.30. The van der Waals surface area contributed by atoms with Crippen LogP contribution in [0.1, 0.15) is 25.0 Å². The lowest BCUT2D eigenvalue weighted by Gasteiger charge is -2.16. The van der Waals surface area contributed by atoms with Crippen molar-refractivity contribution in [1.82, 2.24) is 15.0 Å². The molecule has 0 unspecified atom stereocenters. The van der Waals surface area contributed by atoms with Crippen molar-refractivity contribution in [2.45, 2.75) is 33.7 Å². The summed E-state index contributed by atoms with van der Waals surface area (Å²) in [5, 5.41) is 7.39. The summed E-state index contributed by atoms with van der Waals surface area (Å²) in [6, 6.07) is 11.8. The third kappa shape index (κ3) is 4.11. The zero-order valence-electron chi connectivity index (χ0n) is 15.3. The molecular weight excluding hydrogens is 346 g/mol. The molecule has 26 heavy (non-hydrogen) atoms. The molecule has 0 saturated carbocycles. The summed E-state index contributed by atoms with van der Waals surface area (Å²) in [4.78, 5) is 13.6. The van der Waals surface area contributed by atoms with Crippen molar-refractivity contribution in [3.8, 4) is 11.4 Å². The van der Waals surface area contributed by atoms with Gasteiger partial charge in [0.2, 0.25) is 5.95 Å². The van der Waals surface area contributed by atoms with E-state index in [2.05, 4.69) is 39.4 Å². The summed E-state index contributed by atoms with van der Waals surface area (Å²) in [5.74, 6) is 1.25. The summed E-state index contributed by atoms with van der Waals surface area (Å²) in [5.41, 5.74) is 4.60. The van der Waals surface area contributed by atoms with Crippen molar-refractivity contribution in [3.05, 3.63) is 58.7 Å².